The minimum Gasteiger partial charge on any atom is -0.497 e. The van der Waals surface area contributed by atoms with Crippen molar-refractivity contribution in [3.8, 4) is 5.75 Å². The van der Waals surface area contributed by atoms with Gasteiger partial charge in [-0.3, -0.25) is 24.1 Å². The van der Waals surface area contributed by atoms with E-state index in [1.54, 1.807) is 53.3 Å². The van der Waals surface area contributed by atoms with Crippen molar-refractivity contribution in [3.05, 3.63) is 64.7 Å². The molecule has 1 saturated heterocycles. The van der Waals surface area contributed by atoms with Crippen LogP contribution in [0.15, 0.2) is 42.5 Å². The number of benzene rings is 2. The Balaban J connectivity index is 1.25. The largest absolute Gasteiger partial charge is 0.497 e. The van der Waals surface area contributed by atoms with Crippen molar-refractivity contribution in [3.63, 3.8) is 0 Å². The Morgan fingerprint density at radius 2 is 1.61 bits per heavy atom. The average molecular weight is 450 g/mol. The Kier molecular flexibility index (Phi) is 6.44. The van der Waals surface area contributed by atoms with Crippen LogP contribution in [0.25, 0.3) is 0 Å². The molecule has 0 aliphatic carbocycles. The number of piperazine rings is 1. The van der Waals surface area contributed by atoms with E-state index in [-0.39, 0.29) is 36.6 Å². The van der Waals surface area contributed by atoms with Gasteiger partial charge in [0.05, 0.1) is 18.2 Å². The first-order valence-electron chi connectivity index (χ1n) is 11.1. The van der Waals surface area contributed by atoms with Crippen molar-refractivity contribution in [2.45, 2.75) is 19.8 Å². The topological polar surface area (TPSA) is 87.2 Å². The van der Waals surface area contributed by atoms with Gasteiger partial charge in [-0.05, 0) is 43.7 Å². The lowest BCUT2D eigenvalue weighted by Gasteiger charge is -2.35. The molecule has 0 bridgehead atoms. The zero-order valence-electron chi connectivity index (χ0n) is 18.9. The molecule has 2 aliphatic heterocycles. The molecule has 2 heterocycles. The highest BCUT2D eigenvalue weighted by Crippen LogP contribution is 2.24. The Labute approximate surface area is 192 Å². The van der Waals surface area contributed by atoms with Gasteiger partial charge in [0.2, 0.25) is 5.91 Å². The summed E-state index contributed by atoms with van der Waals surface area (Å²) in [6.07, 6.45) is 0.655. The fourth-order valence-corrected chi connectivity index (χ4v) is 4.25. The number of fused-ring (bicyclic) bond motifs is 1. The van der Waals surface area contributed by atoms with E-state index in [1.807, 2.05) is 13.0 Å². The highest BCUT2D eigenvalue weighted by atomic mass is 16.5. The van der Waals surface area contributed by atoms with E-state index < -0.39 is 0 Å². The number of aryl methyl sites for hydroxylation is 1. The van der Waals surface area contributed by atoms with Gasteiger partial charge >= 0.3 is 0 Å². The number of ether oxygens (including phenoxy) is 1. The van der Waals surface area contributed by atoms with Crippen LogP contribution in [-0.2, 0) is 4.79 Å². The van der Waals surface area contributed by atoms with Crippen LogP contribution in [0.3, 0.4) is 0 Å². The highest BCUT2D eigenvalue weighted by molar-refractivity contribution is 6.21. The van der Waals surface area contributed by atoms with Gasteiger partial charge in [-0.2, -0.15) is 0 Å². The number of carbonyl (C=O) groups excluding carboxylic acids is 4. The highest BCUT2D eigenvalue weighted by Gasteiger charge is 2.35. The summed E-state index contributed by atoms with van der Waals surface area (Å²) in [5, 5.41) is 0. The summed E-state index contributed by atoms with van der Waals surface area (Å²) in [6.45, 7) is 3.93. The van der Waals surface area contributed by atoms with Crippen LogP contribution in [-0.4, -0.2) is 78.2 Å². The number of methoxy groups -OCH3 is 1. The molecule has 8 heteroatoms. The van der Waals surface area contributed by atoms with Gasteiger partial charge in [0, 0.05) is 44.7 Å². The van der Waals surface area contributed by atoms with Crippen LogP contribution >= 0.6 is 0 Å². The number of nitrogens with zero attached hydrogens (tertiary/aromatic N) is 3. The molecule has 4 rings (SSSR count). The van der Waals surface area contributed by atoms with Crippen molar-refractivity contribution in [1.82, 2.24) is 14.7 Å². The molecule has 1 fully saturated rings. The van der Waals surface area contributed by atoms with Crippen LogP contribution in [0, 0.1) is 6.92 Å². The van der Waals surface area contributed by atoms with Crippen molar-refractivity contribution in [2.24, 2.45) is 0 Å². The fourth-order valence-electron chi connectivity index (χ4n) is 4.25. The first-order valence-corrected chi connectivity index (χ1v) is 11.1. The second-order valence-electron chi connectivity index (χ2n) is 8.32. The standard InChI is InChI=1S/C25H27N3O5/c1-17-8-9-20-21(15-17)25(32)28(24(20)31)10-4-7-22(29)26-11-13-27(14-12-26)23(30)18-5-3-6-19(16-18)33-2/h3,5-6,8-9,15-16H,4,7,10-14H2,1-2H3. The fraction of sp³-hybridized carbons (Fsp3) is 0.360. The molecular formula is C25H27N3O5. The van der Waals surface area contributed by atoms with Gasteiger partial charge in [-0.15, -0.1) is 0 Å². The summed E-state index contributed by atoms with van der Waals surface area (Å²) in [5.74, 6) is -0.0800. The Morgan fingerprint density at radius 1 is 0.909 bits per heavy atom. The van der Waals surface area contributed by atoms with Crippen LogP contribution in [0.2, 0.25) is 0 Å². The van der Waals surface area contributed by atoms with E-state index >= 15 is 0 Å². The number of rotatable bonds is 6. The molecule has 2 aromatic rings. The summed E-state index contributed by atoms with van der Waals surface area (Å²) in [7, 11) is 1.56. The van der Waals surface area contributed by atoms with Gasteiger partial charge in [0.25, 0.3) is 17.7 Å². The van der Waals surface area contributed by atoms with Crippen molar-refractivity contribution >= 4 is 23.6 Å². The van der Waals surface area contributed by atoms with Crippen molar-refractivity contribution in [1.29, 1.82) is 0 Å². The molecular weight excluding hydrogens is 422 g/mol. The van der Waals surface area contributed by atoms with E-state index in [2.05, 4.69) is 0 Å². The van der Waals surface area contributed by atoms with E-state index in [0.29, 0.717) is 55.0 Å². The molecule has 0 spiro atoms. The zero-order chi connectivity index (χ0) is 23.5. The molecule has 172 valence electrons. The normalized spacial score (nSPS) is 15.6. The monoisotopic (exact) mass is 449 g/mol. The number of amides is 4. The maximum absolute atomic E-state index is 12.7. The van der Waals surface area contributed by atoms with Crippen LogP contribution < -0.4 is 4.74 Å². The molecule has 2 aromatic carbocycles. The summed E-state index contributed by atoms with van der Waals surface area (Å²) in [5.41, 5.74) is 2.35. The molecule has 0 atom stereocenters. The number of carbonyl (C=O) groups is 4. The Morgan fingerprint density at radius 3 is 2.33 bits per heavy atom. The molecule has 2 aliphatic rings. The van der Waals surface area contributed by atoms with E-state index in [0.717, 1.165) is 5.56 Å². The van der Waals surface area contributed by atoms with Gasteiger partial charge in [0.1, 0.15) is 5.75 Å². The lowest BCUT2D eigenvalue weighted by atomic mass is 10.1. The van der Waals surface area contributed by atoms with E-state index in [4.69, 9.17) is 4.74 Å². The number of imide groups is 1. The lowest BCUT2D eigenvalue weighted by Crippen LogP contribution is -2.50. The van der Waals surface area contributed by atoms with Crippen LogP contribution in [0.5, 0.6) is 5.75 Å². The third-order valence-corrected chi connectivity index (χ3v) is 6.13. The van der Waals surface area contributed by atoms with Gasteiger partial charge in [-0.1, -0.05) is 17.7 Å². The first-order chi connectivity index (χ1) is 15.9. The van der Waals surface area contributed by atoms with Crippen molar-refractivity contribution in [2.75, 3.05) is 39.8 Å². The molecule has 0 radical (unpaired) electrons. The molecule has 4 amide bonds. The third kappa shape index (κ3) is 4.60. The second kappa shape index (κ2) is 9.44. The quantitative estimate of drug-likeness (QED) is 0.632. The Bertz CT molecular complexity index is 1100. The third-order valence-electron chi connectivity index (χ3n) is 6.13. The molecule has 8 nitrogen and oxygen atoms in total. The van der Waals surface area contributed by atoms with Gasteiger partial charge in [0.15, 0.2) is 0 Å². The lowest BCUT2D eigenvalue weighted by molar-refractivity contribution is -0.132. The average Bonchev–Trinajstić information content (AvgIpc) is 3.07. The summed E-state index contributed by atoms with van der Waals surface area (Å²) < 4.78 is 5.18. The first kappa shape index (κ1) is 22.5. The van der Waals surface area contributed by atoms with Gasteiger partial charge < -0.3 is 14.5 Å². The smallest absolute Gasteiger partial charge is 0.261 e. The summed E-state index contributed by atoms with van der Waals surface area (Å²) >= 11 is 0. The maximum Gasteiger partial charge on any atom is 0.261 e. The summed E-state index contributed by atoms with van der Waals surface area (Å²) in [4.78, 5) is 55.2. The summed E-state index contributed by atoms with van der Waals surface area (Å²) in [6, 6.07) is 12.3. The molecule has 0 aromatic heterocycles. The SMILES string of the molecule is COc1cccc(C(=O)N2CCN(C(=O)CCCN3C(=O)c4ccc(C)cc4C3=O)CC2)c1. The van der Waals surface area contributed by atoms with E-state index in [1.165, 1.54) is 4.90 Å². The molecule has 0 N–H and O–H groups in total. The van der Waals surface area contributed by atoms with Crippen LogP contribution in [0.1, 0.15) is 49.5 Å². The van der Waals surface area contributed by atoms with E-state index in [9.17, 15) is 19.2 Å². The van der Waals surface area contributed by atoms with Crippen LogP contribution in [0.4, 0.5) is 0 Å². The number of hydrogen-bond acceptors (Lipinski definition) is 5. The molecule has 33 heavy (non-hydrogen) atoms. The minimum absolute atomic E-state index is 0.0315. The van der Waals surface area contributed by atoms with Crippen molar-refractivity contribution < 1.29 is 23.9 Å². The van der Waals surface area contributed by atoms with Gasteiger partial charge in [-0.25, -0.2) is 0 Å². The predicted octanol–water partition coefficient (Wildman–Crippen LogP) is 2.36. The second-order valence-corrected chi connectivity index (χ2v) is 8.32. The maximum atomic E-state index is 12.7. The molecule has 0 saturated carbocycles. The Hall–Kier alpha value is -3.68. The molecule has 0 unspecified atom stereocenters. The predicted molar refractivity (Wildman–Crippen MR) is 121 cm³/mol. The zero-order valence-corrected chi connectivity index (χ0v) is 18.9. The minimum atomic E-state index is -0.299. The number of hydrogen-bond donors (Lipinski definition) is 0.